The average molecular weight is 611 g/mol. The second kappa shape index (κ2) is 14.9. The third-order valence-electron chi connectivity index (χ3n) is 8.21. The number of esters is 1. The molecule has 0 aromatic heterocycles. The van der Waals surface area contributed by atoms with Crippen LogP contribution in [0.2, 0.25) is 0 Å². The number of benzene rings is 4. The highest BCUT2D eigenvalue weighted by atomic mass is 16.8. The van der Waals surface area contributed by atoms with Crippen LogP contribution in [0.4, 0.5) is 0 Å². The maximum absolute atomic E-state index is 12.9. The minimum Gasteiger partial charge on any atom is -0.459 e. The fraction of sp³-hybridized carbons (Fsp3) is 0.324. The summed E-state index contributed by atoms with van der Waals surface area (Å²) in [5, 5.41) is 0. The number of rotatable bonds is 15. The molecular weight excluding hydrogens is 572 g/mol. The van der Waals surface area contributed by atoms with Crippen LogP contribution < -0.4 is 0 Å². The molecule has 2 heterocycles. The van der Waals surface area contributed by atoms with Gasteiger partial charge >= 0.3 is 5.97 Å². The normalized spacial score (nSPS) is 24.4. The lowest BCUT2D eigenvalue weighted by Crippen LogP contribution is -2.73. The zero-order valence-corrected chi connectivity index (χ0v) is 25.2. The Balaban J connectivity index is 1.27. The minimum absolute atomic E-state index is 0.0361. The van der Waals surface area contributed by atoms with Gasteiger partial charge in [-0.25, -0.2) is 4.79 Å². The maximum atomic E-state index is 12.9. The van der Waals surface area contributed by atoms with Crippen molar-refractivity contribution in [2.24, 2.45) is 0 Å². The summed E-state index contributed by atoms with van der Waals surface area (Å²) in [5.41, 5.74) is 2.46. The second-order valence-corrected chi connectivity index (χ2v) is 11.1. The van der Waals surface area contributed by atoms with Crippen LogP contribution in [0.3, 0.4) is 0 Å². The summed E-state index contributed by atoms with van der Waals surface area (Å²) in [6, 6.07) is 38.7. The summed E-state index contributed by atoms with van der Waals surface area (Å²) in [5.74, 6) is -0.442. The van der Waals surface area contributed by atoms with E-state index in [9.17, 15) is 4.79 Å². The maximum Gasteiger partial charge on any atom is 0.338 e. The van der Waals surface area contributed by atoms with Crippen molar-refractivity contribution in [3.8, 4) is 0 Å². The number of hydrogen-bond donors (Lipinski definition) is 0. The predicted molar refractivity (Wildman–Crippen MR) is 166 cm³/mol. The van der Waals surface area contributed by atoms with Gasteiger partial charge in [0.15, 0.2) is 11.9 Å². The van der Waals surface area contributed by atoms with E-state index >= 15 is 0 Å². The van der Waals surface area contributed by atoms with Crippen LogP contribution in [0.5, 0.6) is 0 Å². The Hall–Kier alpha value is -3.89. The molecule has 6 rings (SSSR count). The molecule has 2 fully saturated rings. The molecule has 0 unspecified atom stereocenters. The first-order chi connectivity index (χ1) is 22.2. The molecule has 4 aromatic carbocycles. The molecule has 0 spiro atoms. The molecule has 2 saturated heterocycles. The zero-order chi connectivity index (χ0) is 30.9. The molecule has 0 aliphatic carbocycles. The van der Waals surface area contributed by atoms with Crippen molar-refractivity contribution in [3.63, 3.8) is 0 Å². The Morgan fingerprint density at radius 2 is 1.29 bits per heavy atom. The smallest absolute Gasteiger partial charge is 0.338 e. The van der Waals surface area contributed by atoms with Crippen molar-refractivity contribution >= 4 is 5.97 Å². The second-order valence-electron chi connectivity index (χ2n) is 11.1. The first-order valence-corrected chi connectivity index (χ1v) is 15.2. The standard InChI is InChI=1S/C37H38O8/c1-39-36-34-37(43-24-29-18-10-4-11-19-29,32(44-34)26-42-35(38)30-20-12-5-13-21-30)33(45-36)31(41-23-28-16-8-3-9-17-28)25-40-22-27-14-6-2-7-15-27/h2-21,31-34,36H,22-26H2,1H3/t31-,32-,33-,34-,36-,37-/m1/s1. The fourth-order valence-corrected chi connectivity index (χ4v) is 5.89. The van der Waals surface area contributed by atoms with Gasteiger partial charge in [0.2, 0.25) is 0 Å². The summed E-state index contributed by atoms with van der Waals surface area (Å²) in [4.78, 5) is 12.9. The molecule has 0 bridgehead atoms. The van der Waals surface area contributed by atoms with E-state index in [0.717, 1.165) is 16.7 Å². The largest absolute Gasteiger partial charge is 0.459 e. The number of fused-ring (bicyclic) bond motifs is 1. The summed E-state index contributed by atoms with van der Waals surface area (Å²) in [6.07, 6.45) is -3.16. The molecule has 8 heteroatoms. The van der Waals surface area contributed by atoms with Gasteiger partial charge in [0.25, 0.3) is 0 Å². The molecule has 6 atom stereocenters. The van der Waals surface area contributed by atoms with Gasteiger partial charge in [-0.05, 0) is 28.8 Å². The lowest BCUT2D eigenvalue weighted by molar-refractivity contribution is -0.331. The summed E-state index contributed by atoms with van der Waals surface area (Å²) in [6.45, 7) is 1.22. The van der Waals surface area contributed by atoms with Crippen molar-refractivity contribution < 1.29 is 38.0 Å². The van der Waals surface area contributed by atoms with Crippen LogP contribution in [-0.2, 0) is 53.0 Å². The topological polar surface area (TPSA) is 81.7 Å². The van der Waals surface area contributed by atoms with Gasteiger partial charge in [-0.3, -0.25) is 0 Å². The average Bonchev–Trinajstić information content (AvgIpc) is 3.34. The van der Waals surface area contributed by atoms with E-state index in [1.54, 1.807) is 31.4 Å². The fourth-order valence-electron chi connectivity index (χ4n) is 5.89. The van der Waals surface area contributed by atoms with Gasteiger partial charge in [0, 0.05) is 7.11 Å². The highest BCUT2D eigenvalue weighted by Crippen LogP contribution is 2.51. The lowest BCUT2D eigenvalue weighted by atomic mass is 9.78. The number of ether oxygens (including phenoxy) is 7. The van der Waals surface area contributed by atoms with Crippen molar-refractivity contribution in [3.05, 3.63) is 144 Å². The van der Waals surface area contributed by atoms with E-state index in [0.29, 0.717) is 18.8 Å². The Morgan fingerprint density at radius 3 is 1.89 bits per heavy atom. The summed E-state index contributed by atoms with van der Waals surface area (Å²) in [7, 11) is 1.58. The van der Waals surface area contributed by atoms with Crippen molar-refractivity contribution in [1.82, 2.24) is 0 Å². The van der Waals surface area contributed by atoms with Gasteiger partial charge in [-0.1, -0.05) is 109 Å². The Morgan fingerprint density at radius 1 is 0.733 bits per heavy atom. The molecule has 0 amide bonds. The Kier molecular flexibility index (Phi) is 10.3. The van der Waals surface area contributed by atoms with Crippen LogP contribution in [0.15, 0.2) is 121 Å². The number of carbonyl (C=O) groups excluding carboxylic acids is 1. The Labute approximate surface area is 263 Å². The number of carbonyl (C=O) groups is 1. The minimum atomic E-state index is -1.05. The number of hydrogen-bond acceptors (Lipinski definition) is 8. The van der Waals surface area contributed by atoms with E-state index in [-0.39, 0.29) is 19.8 Å². The molecule has 0 radical (unpaired) electrons. The Bertz CT molecular complexity index is 1470. The van der Waals surface area contributed by atoms with Crippen molar-refractivity contribution in [2.45, 2.75) is 56.1 Å². The van der Waals surface area contributed by atoms with Gasteiger partial charge in [0.05, 0.1) is 32.0 Å². The molecule has 8 nitrogen and oxygen atoms in total. The molecule has 4 aromatic rings. The monoisotopic (exact) mass is 610 g/mol. The van der Waals surface area contributed by atoms with Gasteiger partial charge in [-0.15, -0.1) is 0 Å². The molecular formula is C37H38O8. The first kappa shape index (κ1) is 31.1. The van der Waals surface area contributed by atoms with Crippen LogP contribution >= 0.6 is 0 Å². The van der Waals surface area contributed by atoms with Crippen molar-refractivity contribution in [2.75, 3.05) is 20.3 Å². The van der Waals surface area contributed by atoms with Crippen LogP contribution in [-0.4, -0.2) is 62.6 Å². The predicted octanol–water partition coefficient (Wildman–Crippen LogP) is 5.74. The summed E-state index contributed by atoms with van der Waals surface area (Å²) >= 11 is 0. The van der Waals surface area contributed by atoms with Crippen molar-refractivity contribution in [1.29, 1.82) is 0 Å². The summed E-state index contributed by atoms with van der Waals surface area (Å²) < 4.78 is 44.0. The SMILES string of the molecule is CO[C@@H]1O[C@H]([C@@H](COCc2ccccc2)OCc2ccccc2)[C@@]2(OCc3ccccc3)[C@@H]1O[C@@H]2COC(=O)c1ccccc1. The third kappa shape index (κ3) is 7.17. The number of methoxy groups -OCH3 is 1. The molecule has 0 saturated carbocycles. The molecule has 2 aliphatic rings. The van der Waals surface area contributed by atoms with Crippen LogP contribution in [0.1, 0.15) is 27.0 Å². The van der Waals surface area contributed by atoms with Gasteiger partial charge in [-0.2, -0.15) is 0 Å². The van der Waals surface area contributed by atoms with E-state index < -0.39 is 42.3 Å². The van der Waals surface area contributed by atoms with Gasteiger partial charge in [0.1, 0.15) is 31.0 Å². The molecule has 0 N–H and O–H groups in total. The van der Waals surface area contributed by atoms with E-state index in [2.05, 4.69) is 0 Å². The van der Waals surface area contributed by atoms with Crippen LogP contribution in [0.25, 0.3) is 0 Å². The van der Waals surface area contributed by atoms with Crippen LogP contribution in [0, 0.1) is 0 Å². The first-order valence-electron chi connectivity index (χ1n) is 15.2. The lowest BCUT2D eigenvalue weighted by Gasteiger charge is -2.53. The van der Waals surface area contributed by atoms with E-state index in [1.807, 2.05) is 97.1 Å². The quantitative estimate of drug-likeness (QED) is 0.158. The molecule has 234 valence electrons. The molecule has 45 heavy (non-hydrogen) atoms. The van der Waals surface area contributed by atoms with E-state index in [1.165, 1.54) is 0 Å². The highest BCUT2D eigenvalue weighted by molar-refractivity contribution is 5.89. The molecule has 2 aliphatic heterocycles. The van der Waals surface area contributed by atoms with Gasteiger partial charge < -0.3 is 33.2 Å². The zero-order valence-electron chi connectivity index (χ0n) is 25.2. The van der Waals surface area contributed by atoms with E-state index in [4.69, 9.17) is 33.2 Å². The third-order valence-corrected chi connectivity index (χ3v) is 8.21. The highest BCUT2D eigenvalue weighted by Gasteiger charge is 2.73.